The van der Waals surface area contributed by atoms with Crippen LogP contribution in [0.3, 0.4) is 0 Å². The molecule has 0 bridgehead atoms. The van der Waals surface area contributed by atoms with Crippen LogP contribution in [0.5, 0.6) is 0 Å². The zero-order valence-corrected chi connectivity index (χ0v) is 15.6. The van der Waals surface area contributed by atoms with Crippen LogP contribution in [0.25, 0.3) is 0 Å². The second-order valence-electron chi connectivity index (χ2n) is 6.17. The number of amides is 2. The van der Waals surface area contributed by atoms with E-state index in [1.807, 2.05) is 36.1 Å². The molecule has 0 aliphatic carbocycles. The third-order valence-electron chi connectivity index (χ3n) is 4.40. The van der Waals surface area contributed by atoms with Crippen molar-refractivity contribution in [2.75, 3.05) is 36.4 Å². The van der Waals surface area contributed by atoms with Gasteiger partial charge in [0.2, 0.25) is 0 Å². The van der Waals surface area contributed by atoms with Crippen molar-refractivity contribution < 1.29 is 4.79 Å². The summed E-state index contributed by atoms with van der Waals surface area (Å²) in [4.78, 5) is 16.7. The predicted molar refractivity (Wildman–Crippen MR) is 103 cm³/mol. The number of anilines is 2. The minimum Gasteiger partial charge on any atom is -0.367 e. The first kappa shape index (κ1) is 16.8. The van der Waals surface area contributed by atoms with E-state index in [1.165, 1.54) is 11.3 Å². The number of nitrogens with one attached hydrogen (secondary N) is 1. The Morgan fingerprint density at radius 1 is 1.04 bits per heavy atom. The van der Waals surface area contributed by atoms with Gasteiger partial charge in [-0.05, 0) is 59.1 Å². The van der Waals surface area contributed by atoms with E-state index in [0.29, 0.717) is 0 Å². The smallest absolute Gasteiger partial charge is 0.321 e. The number of hydrogen-bond acceptors (Lipinski definition) is 2. The highest BCUT2D eigenvalue weighted by Gasteiger charge is 2.22. The minimum absolute atomic E-state index is 0.0214. The largest absolute Gasteiger partial charge is 0.367 e. The molecule has 0 spiro atoms. The number of hydrogen-bond donors (Lipinski definition) is 1. The first-order valence-corrected chi connectivity index (χ1v) is 8.96. The molecule has 2 aromatic carbocycles. The number of carbonyl (C=O) groups is 1. The van der Waals surface area contributed by atoms with Crippen LogP contribution in [-0.2, 0) is 0 Å². The molecule has 0 aromatic heterocycles. The summed E-state index contributed by atoms with van der Waals surface area (Å²) in [5.41, 5.74) is 4.39. The SMILES string of the molecule is Cc1ccc(N2CCN(C(=O)Nc3ccccc3C)CC2)c(Br)c1. The summed E-state index contributed by atoms with van der Waals surface area (Å²) in [7, 11) is 0. The van der Waals surface area contributed by atoms with Crippen molar-refractivity contribution in [1.82, 2.24) is 4.90 Å². The number of urea groups is 1. The molecule has 1 heterocycles. The van der Waals surface area contributed by atoms with Crippen molar-refractivity contribution in [1.29, 1.82) is 0 Å². The Labute approximate surface area is 151 Å². The van der Waals surface area contributed by atoms with Crippen molar-refractivity contribution >= 4 is 33.3 Å². The van der Waals surface area contributed by atoms with E-state index in [4.69, 9.17) is 0 Å². The molecular weight excluding hydrogens is 366 g/mol. The Kier molecular flexibility index (Phi) is 5.09. The Balaban J connectivity index is 1.60. The number of nitrogens with zero attached hydrogens (tertiary/aromatic N) is 2. The highest BCUT2D eigenvalue weighted by atomic mass is 79.9. The number of para-hydroxylation sites is 1. The maximum Gasteiger partial charge on any atom is 0.321 e. The summed E-state index contributed by atoms with van der Waals surface area (Å²) in [6, 6.07) is 14.2. The Hall–Kier alpha value is -2.01. The van der Waals surface area contributed by atoms with Crippen molar-refractivity contribution in [2.24, 2.45) is 0 Å². The number of benzene rings is 2. The van der Waals surface area contributed by atoms with Crippen LogP contribution >= 0.6 is 15.9 Å². The van der Waals surface area contributed by atoms with E-state index < -0.39 is 0 Å². The third-order valence-corrected chi connectivity index (χ3v) is 5.03. The maximum absolute atomic E-state index is 12.5. The van der Waals surface area contributed by atoms with Crippen LogP contribution in [-0.4, -0.2) is 37.1 Å². The number of carbonyl (C=O) groups excluding carboxylic acids is 1. The summed E-state index contributed by atoms with van der Waals surface area (Å²) in [6.45, 7) is 7.20. The third kappa shape index (κ3) is 3.73. The second kappa shape index (κ2) is 7.26. The molecule has 0 atom stereocenters. The topological polar surface area (TPSA) is 35.6 Å². The lowest BCUT2D eigenvalue weighted by atomic mass is 10.2. The van der Waals surface area contributed by atoms with Crippen LogP contribution in [0.2, 0.25) is 0 Å². The summed E-state index contributed by atoms with van der Waals surface area (Å²) >= 11 is 3.64. The molecule has 4 nitrogen and oxygen atoms in total. The number of rotatable bonds is 2. The van der Waals surface area contributed by atoms with Gasteiger partial charge >= 0.3 is 6.03 Å². The summed E-state index contributed by atoms with van der Waals surface area (Å²) in [5.74, 6) is 0. The van der Waals surface area contributed by atoms with Crippen LogP contribution in [0.1, 0.15) is 11.1 Å². The van der Waals surface area contributed by atoms with Gasteiger partial charge < -0.3 is 15.1 Å². The summed E-state index contributed by atoms with van der Waals surface area (Å²) < 4.78 is 1.11. The van der Waals surface area contributed by atoms with E-state index in [-0.39, 0.29) is 6.03 Å². The van der Waals surface area contributed by atoms with E-state index >= 15 is 0 Å². The molecule has 0 radical (unpaired) electrons. The zero-order chi connectivity index (χ0) is 17.1. The summed E-state index contributed by atoms with van der Waals surface area (Å²) in [6.07, 6.45) is 0. The van der Waals surface area contributed by atoms with Crippen molar-refractivity contribution in [2.45, 2.75) is 13.8 Å². The first-order valence-electron chi connectivity index (χ1n) is 8.17. The monoisotopic (exact) mass is 387 g/mol. The Morgan fingerprint density at radius 3 is 2.42 bits per heavy atom. The van der Waals surface area contributed by atoms with Crippen LogP contribution in [0.15, 0.2) is 46.9 Å². The van der Waals surface area contributed by atoms with Crippen LogP contribution in [0.4, 0.5) is 16.2 Å². The van der Waals surface area contributed by atoms with E-state index in [2.05, 4.69) is 51.3 Å². The first-order chi connectivity index (χ1) is 11.5. The number of piperazine rings is 1. The lowest BCUT2D eigenvalue weighted by molar-refractivity contribution is 0.208. The molecular formula is C19H22BrN3O. The molecule has 24 heavy (non-hydrogen) atoms. The fourth-order valence-corrected chi connectivity index (χ4v) is 3.67. The molecule has 1 fully saturated rings. The molecule has 1 saturated heterocycles. The fraction of sp³-hybridized carbons (Fsp3) is 0.316. The lowest BCUT2D eigenvalue weighted by Gasteiger charge is -2.36. The number of halogens is 1. The van der Waals surface area contributed by atoms with E-state index in [1.54, 1.807) is 0 Å². The second-order valence-corrected chi connectivity index (χ2v) is 7.03. The van der Waals surface area contributed by atoms with Gasteiger partial charge in [-0.1, -0.05) is 24.3 Å². The quantitative estimate of drug-likeness (QED) is 0.827. The molecule has 5 heteroatoms. The molecule has 0 unspecified atom stereocenters. The van der Waals surface area contributed by atoms with Crippen LogP contribution < -0.4 is 10.2 Å². The molecule has 1 aliphatic rings. The van der Waals surface area contributed by atoms with E-state index in [9.17, 15) is 4.79 Å². The van der Waals surface area contributed by atoms with Crippen molar-refractivity contribution in [3.8, 4) is 0 Å². The standard InChI is InChI=1S/C19H22BrN3O/c1-14-7-8-18(16(20)13-14)22-9-11-23(12-10-22)19(24)21-17-6-4-3-5-15(17)2/h3-8,13H,9-12H2,1-2H3,(H,21,24). The van der Waals surface area contributed by atoms with Gasteiger partial charge in [0.15, 0.2) is 0 Å². The normalized spacial score (nSPS) is 14.6. The Bertz CT molecular complexity index is 739. The van der Waals surface area contributed by atoms with Gasteiger partial charge in [0, 0.05) is 36.3 Å². The van der Waals surface area contributed by atoms with Gasteiger partial charge in [0.25, 0.3) is 0 Å². The molecule has 1 N–H and O–H groups in total. The van der Waals surface area contributed by atoms with Gasteiger partial charge in [0.05, 0.1) is 5.69 Å². The van der Waals surface area contributed by atoms with Gasteiger partial charge in [-0.15, -0.1) is 0 Å². The molecule has 1 aliphatic heterocycles. The van der Waals surface area contributed by atoms with Gasteiger partial charge in [0.1, 0.15) is 0 Å². The van der Waals surface area contributed by atoms with Gasteiger partial charge in [-0.25, -0.2) is 4.79 Å². The average Bonchev–Trinajstić information content (AvgIpc) is 2.57. The molecule has 2 amide bonds. The maximum atomic E-state index is 12.5. The lowest BCUT2D eigenvalue weighted by Crippen LogP contribution is -2.50. The molecule has 126 valence electrons. The van der Waals surface area contributed by atoms with Gasteiger partial charge in [-0.3, -0.25) is 0 Å². The molecule has 0 saturated carbocycles. The average molecular weight is 388 g/mol. The number of aryl methyl sites for hydroxylation is 2. The fourth-order valence-electron chi connectivity index (χ4n) is 2.93. The Morgan fingerprint density at radius 2 is 1.75 bits per heavy atom. The summed E-state index contributed by atoms with van der Waals surface area (Å²) in [5, 5.41) is 3.01. The molecule has 2 aromatic rings. The van der Waals surface area contributed by atoms with E-state index in [0.717, 1.165) is 41.9 Å². The molecule has 3 rings (SSSR count). The van der Waals surface area contributed by atoms with Crippen LogP contribution in [0, 0.1) is 13.8 Å². The van der Waals surface area contributed by atoms with Crippen molar-refractivity contribution in [3.63, 3.8) is 0 Å². The predicted octanol–water partition coefficient (Wildman–Crippen LogP) is 4.42. The minimum atomic E-state index is -0.0214. The highest BCUT2D eigenvalue weighted by Crippen LogP contribution is 2.28. The van der Waals surface area contributed by atoms with Crippen molar-refractivity contribution in [3.05, 3.63) is 58.1 Å². The zero-order valence-electron chi connectivity index (χ0n) is 14.1. The highest BCUT2D eigenvalue weighted by molar-refractivity contribution is 9.10. The van der Waals surface area contributed by atoms with Gasteiger partial charge in [-0.2, -0.15) is 0 Å².